The molecule has 0 radical (unpaired) electrons. The lowest BCUT2D eigenvalue weighted by Gasteiger charge is -2.08. The molecular weight excluding hydrogens is 256 g/mol. The van der Waals surface area contributed by atoms with Crippen molar-refractivity contribution in [2.75, 3.05) is 0 Å². The van der Waals surface area contributed by atoms with Crippen molar-refractivity contribution in [3.05, 3.63) is 59.0 Å². The zero-order valence-corrected chi connectivity index (χ0v) is 11.4. The van der Waals surface area contributed by atoms with E-state index in [0.29, 0.717) is 12.4 Å². The summed E-state index contributed by atoms with van der Waals surface area (Å²) < 4.78 is 7.02. The van der Waals surface area contributed by atoms with Crippen molar-refractivity contribution in [2.45, 2.75) is 13.5 Å². The largest absolute Gasteiger partial charge is 0.508 e. The van der Waals surface area contributed by atoms with Gasteiger partial charge in [0.05, 0.1) is 0 Å². The Kier molecular flexibility index (Phi) is 3.13. The smallest absolute Gasteiger partial charge is 0.122 e. The quantitative estimate of drug-likeness (QED) is 0.759. The molecule has 0 unspecified atom stereocenters. The van der Waals surface area contributed by atoms with E-state index in [1.54, 1.807) is 23.5 Å². The van der Waals surface area contributed by atoms with Gasteiger partial charge in [-0.2, -0.15) is 0 Å². The number of aromatic hydroxyl groups is 1. The summed E-state index contributed by atoms with van der Waals surface area (Å²) in [5.74, 6) is 1.20. The number of phenolic OH excluding ortho intramolecular Hbond substituents is 1. The van der Waals surface area contributed by atoms with Gasteiger partial charge in [-0.15, -0.1) is 11.3 Å². The summed E-state index contributed by atoms with van der Waals surface area (Å²) >= 11 is 1.67. The number of rotatable bonds is 3. The zero-order valence-electron chi connectivity index (χ0n) is 10.6. The Balaban J connectivity index is 1.86. The summed E-state index contributed by atoms with van der Waals surface area (Å²) in [5, 5.41) is 12.7. The molecule has 2 nitrogen and oxygen atoms in total. The molecule has 0 aliphatic heterocycles. The van der Waals surface area contributed by atoms with E-state index in [2.05, 4.69) is 5.38 Å². The fourth-order valence-electron chi connectivity index (χ4n) is 2.06. The Morgan fingerprint density at radius 3 is 2.84 bits per heavy atom. The van der Waals surface area contributed by atoms with E-state index in [4.69, 9.17) is 4.74 Å². The van der Waals surface area contributed by atoms with Crippen LogP contribution in [0.3, 0.4) is 0 Å². The molecule has 2 aromatic carbocycles. The first kappa shape index (κ1) is 12.1. The number of fused-ring (bicyclic) bond motifs is 1. The Labute approximate surface area is 115 Å². The highest BCUT2D eigenvalue weighted by Crippen LogP contribution is 2.30. The van der Waals surface area contributed by atoms with Crippen molar-refractivity contribution in [2.24, 2.45) is 0 Å². The Hall–Kier alpha value is -2.00. The summed E-state index contributed by atoms with van der Waals surface area (Å²) in [6.07, 6.45) is 0. The molecule has 0 amide bonds. The zero-order chi connectivity index (χ0) is 13.2. The topological polar surface area (TPSA) is 29.5 Å². The molecule has 96 valence electrons. The van der Waals surface area contributed by atoms with Crippen LogP contribution in [0.25, 0.3) is 10.1 Å². The predicted octanol–water partition coefficient (Wildman–Crippen LogP) is 4.49. The Morgan fingerprint density at radius 2 is 2.00 bits per heavy atom. The normalized spacial score (nSPS) is 10.8. The van der Waals surface area contributed by atoms with Gasteiger partial charge in [-0.3, -0.25) is 0 Å². The number of aryl methyl sites for hydroxylation is 1. The van der Waals surface area contributed by atoms with Crippen LogP contribution in [0.5, 0.6) is 11.5 Å². The average Bonchev–Trinajstić information content (AvgIpc) is 2.80. The molecule has 1 aromatic heterocycles. The lowest BCUT2D eigenvalue weighted by atomic mass is 10.2. The van der Waals surface area contributed by atoms with Gasteiger partial charge in [0.25, 0.3) is 0 Å². The van der Waals surface area contributed by atoms with Crippen molar-refractivity contribution < 1.29 is 9.84 Å². The van der Waals surface area contributed by atoms with Gasteiger partial charge >= 0.3 is 0 Å². The van der Waals surface area contributed by atoms with Crippen LogP contribution in [0.1, 0.15) is 11.1 Å². The van der Waals surface area contributed by atoms with Crippen molar-refractivity contribution >= 4 is 21.4 Å². The fourth-order valence-corrected chi connectivity index (χ4v) is 2.98. The van der Waals surface area contributed by atoms with Crippen molar-refractivity contribution in [3.8, 4) is 11.5 Å². The molecule has 0 atom stereocenters. The third-order valence-corrected chi connectivity index (χ3v) is 4.13. The molecule has 0 bridgehead atoms. The van der Waals surface area contributed by atoms with Crippen LogP contribution in [-0.4, -0.2) is 5.11 Å². The predicted molar refractivity (Wildman–Crippen MR) is 79.0 cm³/mol. The van der Waals surface area contributed by atoms with Gasteiger partial charge in [0, 0.05) is 15.6 Å². The average molecular weight is 270 g/mol. The molecule has 3 heteroatoms. The van der Waals surface area contributed by atoms with E-state index in [1.165, 1.54) is 4.70 Å². The van der Waals surface area contributed by atoms with E-state index in [9.17, 15) is 5.11 Å². The van der Waals surface area contributed by atoms with Gasteiger partial charge in [-0.05, 0) is 42.1 Å². The standard InChI is InChI=1S/C16H14O2S/c1-11-4-2-3-5-15(11)18-9-12-10-19-16-7-6-13(17)8-14(12)16/h2-8,10,17H,9H2,1H3. The second kappa shape index (κ2) is 4.94. The number of hydrogen-bond acceptors (Lipinski definition) is 3. The van der Waals surface area contributed by atoms with E-state index < -0.39 is 0 Å². The van der Waals surface area contributed by atoms with Gasteiger partial charge in [0.15, 0.2) is 0 Å². The minimum Gasteiger partial charge on any atom is -0.508 e. The van der Waals surface area contributed by atoms with Crippen LogP contribution < -0.4 is 4.74 Å². The van der Waals surface area contributed by atoms with Gasteiger partial charge in [-0.1, -0.05) is 18.2 Å². The first-order chi connectivity index (χ1) is 9.24. The molecule has 19 heavy (non-hydrogen) atoms. The maximum atomic E-state index is 9.57. The van der Waals surface area contributed by atoms with Crippen LogP contribution in [-0.2, 0) is 6.61 Å². The van der Waals surface area contributed by atoms with Crippen LogP contribution >= 0.6 is 11.3 Å². The van der Waals surface area contributed by atoms with Gasteiger partial charge in [0.1, 0.15) is 18.1 Å². The monoisotopic (exact) mass is 270 g/mol. The second-order valence-electron chi connectivity index (χ2n) is 4.50. The number of thiophene rings is 1. The lowest BCUT2D eigenvalue weighted by Crippen LogP contribution is -1.95. The summed E-state index contributed by atoms with van der Waals surface area (Å²) in [4.78, 5) is 0. The van der Waals surface area contributed by atoms with Crippen LogP contribution in [0.4, 0.5) is 0 Å². The first-order valence-electron chi connectivity index (χ1n) is 6.11. The number of benzene rings is 2. The molecule has 0 saturated carbocycles. The molecule has 0 aliphatic carbocycles. The maximum Gasteiger partial charge on any atom is 0.122 e. The maximum absolute atomic E-state index is 9.57. The molecule has 3 rings (SSSR count). The molecule has 1 N–H and O–H groups in total. The second-order valence-corrected chi connectivity index (χ2v) is 5.41. The van der Waals surface area contributed by atoms with E-state index >= 15 is 0 Å². The van der Waals surface area contributed by atoms with Gasteiger partial charge in [-0.25, -0.2) is 0 Å². The van der Waals surface area contributed by atoms with Crippen LogP contribution in [0.15, 0.2) is 47.8 Å². The first-order valence-corrected chi connectivity index (χ1v) is 6.99. The third kappa shape index (κ3) is 2.42. The third-order valence-electron chi connectivity index (χ3n) is 3.11. The molecule has 1 heterocycles. The molecular formula is C16H14O2S. The van der Waals surface area contributed by atoms with Gasteiger partial charge in [0.2, 0.25) is 0 Å². The highest BCUT2D eigenvalue weighted by Gasteiger charge is 2.06. The highest BCUT2D eigenvalue weighted by molar-refractivity contribution is 7.17. The van der Waals surface area contributed by atoms with E-state index in [-0.39, 0.29) is 0 Å². The van der Waals surface area contributed by atoms with Crippen molar-refractivity contribution in [1.29, 1.82) is 0 Å². The highest BCUT2D eigenvalue weighted by atomic mass is 32.1. The molecule has 3 aromatic rings. The van der Waals surface area contributed by atoms with Crippen molar-refractivity contribution in [3.63, 3.8) is 0 Å². The molecule has 0 spiro atoms. The summed E-state index contributed by atoms with van der Waals surface area (Å²) in [7, 11) is 0. The van der Waals surface area contributed by atoms with Crippen molar-refractivity contribution in [1.82, 2.24) is 0 Å². The summed E-state index contributed by atoms with van der Waals surface area (Å²) in [6.45, 7) is 2.56. The number of phenols is 1. The van der Waals surface area contributed by atoms with E-state index in [1.807, 2.05) is 37.3 Å². The molecule has 0 saturated heterocycles. The van der Waals surface area contributed by atoms with Gasteiger partial charge < -0.3 is 9.84 Å². The van der Waals surface area contributed by atoms with Crippen LogP contribution in [0.2, 0.25) is 0 Å². The van der Waals surface area contributed by atoms with Crippen LogP contribution in [0, 0.1) is 6.92 Å². The minimum absolute atomic E-state index is 0.294. The SMILES string of the molecule is Cc1ccccc1OCc1csc2ccc(O)cc12. The Morgan fingerprint density at radius 1 is 1.16 bits per heavy atom. The van der Waals surface area contributed by atoms with E-state index in [0.717, 1.165) is 22.3 Å². The number of hydrogen-bond donors (Lipinski definition) is 1. The Bertz CT molecular complexity index is 716. The number of ether oxygens (including phenoxy) is 1. The molecule has 0 fully saturated rings. The minimum atomic E-state index is 0.294. The number of para-hydroxylation sites is 1. The molecule has 0 aliphatic rings. The lowest BCUT2D eigenvalue weighted by molar-refractivity contribution is 0.306. The fraction of sp³-hybridized carbons (Fsp3) is 0.125. The summed E-state index contributed by atoms with van der Waals surface area (Å²) in [6, 6.07) is 13.4. The summed E-state index contributed by atoms with van der Waals surface area (Å²) in [5.41, 5.74) is 2.24.